The molecule has 0 unspecified atom stereocenters. The summed E-state index contributed by atoms with van der Waals surface area (Å²) < 4.78 is 54.6. The molecule has 288 valence electrons. The Labute approximate surface area is 313 Å². The van der Waals surface area contributed by atoms with Gasteiger partial charge in [0.15, 0.2) is 12.4 Å². The fourth-order valence-electron chi connectivity index (χ4n) is 8.75. The topological polar surface area (TPSA) is 124 Å². The van der Waals surface area contributed by atoms with Crippen LogP contribution >= 0.6 is 0 Å². The van der Waals surface area contributed by atoms with E-state index < -0.39 is 12.8 Å². The molecule has 2 aromatic carbocycles. The fraction of sp³-hybridized carbons (Fsp3) is 0.550. The van der Waals surface area contributed by atoms with Crippen LogP contribution in [0.5, 0.6) is 5.75 Å². The van der Waals surface area contributed by atoms with Gasteiger partial charge in [-0.25, -0.2) is 4.98 Å². The van der Waals surface area contributed by atoms with Gasteiger partial charge in [0, 0.05) is 86.2 Å². The third kappa shape index (κ3) is 6.98. The molecule has 5 aliphatic rings. The van der Waals surface area contributed by atoms with Crippen LogP contribution in [0.2, 0.25) is 0 Å². The Morgan fingerprint density at radius 3 is 2.37 bits per heavy atom. The molecule has 3 N–H and O–H groups in total. The van der Waals surface area contributed by atoms with Gasteiger partial charge < -0.3 is 40.2 Å². The highest BCUT2D eigenvalue weighted by Gasteiger charge is 2.47. The minimum absolute atomic E-state index is 0.00897. The summed E-state index contributed by atoms with van der Waals surface area (Å²) in [5.41, 5.74) is 10.3. The van der Waals surface area contributed by atoms with Crippen LogP contribution in [0.1, 0.15) is 61.1 Å². The van der Waals surface area contributed by atoms with Crippen LogP contribution in [0.3, 0.4) is 0 Å². The lowest BCUT2D eigenvalue weighted by atomic mass is 9.72. The molecule has 5 heterocycles. The molecule has 4 aliphatic heterocycles. The normalized spacial score (nSPS) is 20.9. The number of nitrogens with two attached hydrogens (primary N) is 1. The number of fused-ring (bicyclic) bond motifs is 1. The lowest BCUT2D eigenvalue weighted by molar-refractivity contribution is -0.153. The van der Waals surface area contributed by atoms with E-state index in [9.17, 15) is 18.0 Å². The van der Waals surface area contributed by atoms with E-state index in [4.69, 9.17) is 30.6 Å². The number of piperidine rings is 2. The number of hydrogen-bond donors (Lipinski definition) is 2. The number of nitrogens with zero attached hydrogens (tertiary/aromatic N) is 6. The van der Waals surface area contributed by atoms with Crippen molar-refractivity contribution in [1.29, 1.82) is 5.41 Å². The third-order valence-corrected chi connectivity index (χ3v) is 12.1. The monoisotopic (exact) mass is 746 g/mol. The third-order valence-electron chi connectivity index (χ3n) is 12.1. The molecule has 1 spiro atoms. The van der Waals surface area contributed by atoms with Gasteiger partial charge in [0.05, 0.1) is 12.2 Å². The zero-order valence-electron chi connectivity index (χ0n) is 31.1. The maximum absolute atomic E-state index is 14.1. The zero-order chi connectivity index (χ0) is 37.9. The predicted molar refractivity (Wildman–Crippen MR) is 204 cm³/mol. The van der Waals surface area contributed by atoms with Crippen molar-refractivity contribution in [3.05, 3.63) is 47.5 Å². The second-order valence-corrected chi connectivity index (χ2v) is 16.0. The summed E-state index contributed by atoms with van der Waals surface area (Å²) in [6, 6.07) is 5.61. The summed E-state index contributed by atoms with van der Waals surface area (Å²) in [4.78, 5) is 30.9. The summed E-state index contributed by atoms with van der Waals surface area (Å²) in [7, 11) is 2.12. The maximum atomic E-state index is 14.1. The Kier molecular flexibility index (Phi) is 9.48. The van der Waals surface area contributed by atoms with Crippen LogP contribution < -0.4 is 20.3 Å². The van der Waals surface area contributed by atoms with Gasteiger partial charge in [-0.05, 0) is 93.3 Å². The molecule has 1 aromatic heterocycles. The van der Waals surface area contributed by atoms with E-state index in [1.807, 2.05) is 22.8 Å². The Bertz CT molecular complexity index is 1950. The maximum Gasteiger partial charge on any atom is 0.422 e. The van der Waals surface area contributed by atoms with E-state index in [-0.39, 0.29) is 35.2 Å². The van der Waals surface area contributed by atoms with Crippen molar-refractivity contribution in [3.8, 4) is 16.9 Å². The summed E-state index contributed by atoms with van der Waals surface area (Å²) in [6.45, 7) is 9.88. The number of amides is 1. The number of aromatic nitrogens is 2. The number of aryl methyl sites for hydroxylation is 1. The molecule has 8 rings (SSSR count). The first-order valence-corrected chi connectivity index (χ1v) is 19.1. The molecule has 54 heavy (non-hydrogen) atoms. The molecule has 11 nitrogen and oxygen atoms in total. The van der Waals surface area contributed by atoms with E-state index in [0.717, 1.165) is 62.7 Å². The van der Waals surface area contributed by atoms with E-state index in [1.54, 1.807) is 6.07 Å². The molecule has 5 fully saturated rings. The van der Waals surface area contributed by atoms with Gasteiger partial charge in [-0.15, -0.1) is 0 Å². The molecule has 14 heteroatoms. The number of ether oxygens (including phenoxy) is 2. The number of nitrogens with one attached hydrogen (secondary N) is 1. The van der Waals surface area contributed by atoms with Crippen molar-refractivity contribution in [2.24, 2.45) is 5.41 Å². The number of anilines is 3. The van der Waals surface area contributed by atoms with Crippen LogP contribution in [0, 0.1) is 17.7 Å². The number of benzene rings is 2. The second-order valence-electron chi connectivity index (χ2n) is 16.0. The lowest BCUT2D eigenvalue weighted by Crippen LogP contribution is -2.61. The fourth-order valence-corrected chi connectivity index (χ4v) is 8.75. The number of hydrogen-bond acceptors (Lipinski definition) is 10. The van der Waals surface area contributed by atoms with Crippen molar-refractivity contribution >= 4 is 40.5 Å². The predicted octanol–water partition coefficient (Wildman–Crippen LogP) is 5.92. The van der Waals surface area contributed by atoms with E-state index >= 15 is 0 Å². The van der Waals surface area contributed by atoms with Crippen molar-refractivity contribution in [2.45, 2.75) is 69.8 Å². The molecule has 0 radical (unpaired) electrons. The molecule has 1 aliphatic carbocycles. The Balaban J connectivity index is 1.23. The van der Waals surface area contributed by atoms with Gasteiger partial charge in [-0.3, -0.25) is 4.79 Å². The van der Waals surface area contributed by atoms with Crippen molar-refractivity contribution in [1.82, 2.24) is 19.8 Å². The van der Waals surface area contributed by atoms with Gasteiger partial charge >= 0.3 is 6.18 Å². The first-order valence-electron chi connectivity index (χ1n) is 19.1. The second kappa shape index (κ2) is 14.0. The molecule has 3 aromatic rings. The summed E-state index contributed by atoms with van der Waals surface area (Å²) in [5, 5.41) is 8.95. The number of rotatable bonds is 10. The number of carbonyl (C=O) groups is 1. The largest absolute Gasteiger partial charge is 0.481 e. The SMILES string of the molecule is C=CC(=O)N1CC2(CCN(c3nc(N4CC(OC5CCN(C)CC5)C4)nc4c(OCC(F)(F)F)c(-c5c(C)ccc(N)c5C=N)c(C5CC5)cc34)CC2)C1. The minimum atomic E-state index is -4.60. The molecule has 0 atom stereocenters. The molecule has 1 saturated carbocycles. The minimum Gasteiger partial charge on any atom is -0.481 e. The highest BCUT2D eigenvalue weighted by atomic mass is 19.4. The quantitative estimate of drug-likeness (QED) is 0.148. The number of carbonyl (C=O) groups excluding carboxylic acids is 1. The summed E-state index contributed by atoms with van der Waals surface area (Å²) in [5.74, 6) is 1.18. The number of nitrogen functional groups attached to an aromatic ring is 1. The first-order chi connectivity index (χ1) is 25.8. The summed E-state index contributed by atoms with van der Waals surface area (Å²) in [6.07, 6.45) is 3.54. The number of alkyl halides is 3. The Morgan fingerprint density at radius 2 is 1.74 bits per heavy atom. The highest BCUT2D eigenvalue weighted by molar-refractivity contribution is 6.05. The highest BCUT2D eigenvalue weighted by Crippen LogP contribution is 2.53. The Morgan fingerprint density at radius 1 is 1.04 bits per heavy atom. The van der Waals surface area contributed by atoms with Crippen LogP contribution in [-0.2, 0) is 9.53 Å². The van der Waals surface area contributed by atoms with E-state index in [2.05, 4.69) is 29.5 Å². The standard InChI is InChI=1S/C40H49F3N8O3/c1-4-32(52)51-21-39(22-51)11-15-49(16-12-39)37-29-17-28(25-6-7-25)34(33-24(2)5-8-31(45)30(33)18-44)36(53-23-40(41,42)43)35(29)46-38(47-37)50-19-27(20-50)54-26-9-13-48(3)14-10-26/h4-5,8,17-18,25-27,44H,1,6-7,9-16,19-23,45H2,2-3H3. The van der Waals surface area contributed by atoms with Crippen LogP contribution in [0.25, 0.3) is 22.0 Å². The molecular weight excluding hydrogens is 697 g/mol. The van der Waals surface area contributed by atoms with Crippen molar-refractivity contribution in [2.75, 3.05) is 81.5 Å². The average molecular weight is 747 g/mol. The van der Waals surface area contributed by atoms with Crippen LogP contribution in [0.15, 0.2) is 30.9 Å². The lowest BCUT2D eigenvalue weighted by Gasteiger charge is -2.54. The van der Waals surface area contributed by atoms with Gasteiger partial charge in [0.25, 0.3) is 0 Å². The number of halogens is 3. The first kappa shape index (κ1) is 36.5. The van der Waals surface area contributed by atoms with E-state index in [0.29, 0.717) is 84.3 Å². The number of likely N-dealkylation sites (tertiary alicyclic amines) is 2. The van der Waals surface area contributed by atoms with Gasteiger partial charge in [0.2, 0.25) is 11.9 Å². The van der Waals surface area contributed by atoms with Crippen LogP contribution in [-0.4, -0.2) is 116 Å². The average Bonchev–Trinajstić information content (AvgIpc) is 3.97. The molecule has 4 saturated heterocycles. The smallest absolute Gasteiger partial charge is 0.422 e. The molecular formula is C40H49F3N8O3. The van der Waals surface area contributed by atoms with E-state index in [1.165, 1.54) is 12.3 Å². The summed E-state index contributed by atoms with van der Waals surface area (Å²) >= 11 is 0. The van der Waals surface area contributed by atoms with Gasteiger partial charge in [0.1, 0.15) is 11.3 Å². The van der Waals surface area contributed by atoms with Gasteiger partial charge in [-0.1, -0.05) is 12.6 Å². The zero-order valence-corrected chi connectivity index (χ0v) is 31.1. The van der Waals surface area contributed by atoms with Crippen molar-refractivity contribution in [3.63, 3.8) is 0 Å². The van der Waals surface area contributed by atoms with Crippen LogP contribution in [0.4, 0.5) is 30.6 Å². The molecule has 0 bridgehead atoms. The molecule has 1 amide bonds. The Hall–Kier alpha value is -4.43. The van der Waals surface area contributed by atoms with Gasteiger partial charge in [-0.2, -0.15) is 18.2 Å². The van der Waals surface area contributed by atoms with Crippen molar-refractivity contribution < 1.29 is 27.4 Å².